The molecule has 0 bridgehead atoms. The fraction of sp³-hybridized carbons (Fsp3) is 0.167. The molecule has 0 fully saturated rings. The first-order valence-electron chi connectivity index (χ1n) is 4.96. The Bertz CT molecular complexity index is 361. The molecule has 0 radical (unpaired) electrons. The van der Waals surface area contributed by atoms with Crippen LogP contribution in [-0.4, -0.2) is 9.97 Å². The molecule has 3 nitrogen and oxygen atoms in total. The van der Waals surface area contributed by atoms with Gasteiger partial charge in [-0.2, -0.15) is 0 Å². The van der Waals surface area contributed by atoms with Gasteiger partial charge in [0.1, 0.15) is 0 Å². The van der Waals surface area contributed by atoms with Crippen LogP contribution >= 0.6 is 24.8 Å². The summed E-state index contributed by atoms with van der Waals surface area (Å²) in [5.74, 6) is 0. The van der Waals surface area contributed by atoms with Crippen molar-refractivity contribution < 1.29 is 19.5 Å². The van der Waals surface area contributed by atoms with Crippen LogP contribution in [0.5, 0.6) is 0 Å². The van der Waals surface area contributed by atoms with Gasteiger partial charge in [0.15, 0.2) is 0 Å². The van der Waals surface area contributed by atoms with Crippen molar-refractivity contribution in [1.29, 1.82) is 0 Å². The maximum atomic E-state index is 4.23. The molecule has 0 saturated heterocycles. The number of aromatic nitrogens is 2. The van der Waals surface area contributed by atoms with Crippen molar-refractivity contribution in [2.24, 2.45) is 0 Å². The molecule has 0 unspecified atom stereocenters. The molecule has 0 amide bonds. The van der Waals surface area contributed by atoms with Gasteiger partial charge >= 0.3 is 19.5 Å². The Morgan fingerprint density at radius 2 is 1.22 bits per heavy atom. The Morgan fingerprint density at radius 3 is 1.56 bits per heavy atom. The normalized spacial score (nSPS) is 8.44. The number of pyridine rings is 2. The van der Waals surface area contributed by atoms with Gasteiger partial charge in [0, 0.05) is 25.5 Å². The topological polar surface area (TPSA) is 37.8 Å². The van der Waals surface area contributed by atoms with E-state index in [1.54, 1.807) is 12.4 Å². The Balaban J connectivity index is 0. The standard InChI is InChI=1S/C12H13N3.2ClH.Zn/c1-3-7-14-11(5-1)9-13-10-12-6-2-4-8-15-12;;;/h1-8,13H,9-10H2;2*1H;/q;;;+2. The molecule has 0 aliphatic heterocycles. The summed E-state index contributed by atoms with van der Waals surface area (Å²) >= 11 is 0. The van der Waals surface area contributed by atoms with Crippen LogP contribution in [0.3, 0.4) is 0 Å². The molecule has 2 aromatic rings. The fourth-order valence-corrected chi connectivity index (χ4v) is 1.32. The van der Waals surface area contributed by atoms with E-state index >= 15 is 0 Å². The number of nitrogens with zero attached hydrogens (tertiary/aromatic N) is 2. The van der Waals surface area contributed by atoms with Crippen LogP contribution in [0.25, 0.3) is 0 Å². The molecule has 0 spiro atoms. The number of hydrogen-bond donors (Lipinski definition) is 1. The Kier molecular flexibility index (Phi) is 12.7. The molecule has 0 aliphatic rings. The number of nitrogens with one attached hydrogen (secondary N) is 1. The molecule has 0 saturated carbocycles. The van der Waals surface area contributed by atoms with E-state index in [0.29, 0.717) is 0 Å². The first kappa shape index (κ1) is 19.8. The van der Waals surface area contributed by atoms with Crippen molar-refractivity contribution in [3.63, 3.8) is 0 Å². The van der Waals surface area contributed by atoms with Gasteiger partial charge in [-0.05, 0) is 24.3 Å². The first-order chi connectivity index (χ1) is 7.45. The second-order valence-electron chi connectivity index (χ2n) is 3.25. The minimum absolute atomic E-state index is 0. The Labute approximate surface area is 132 Å². The summed E-state index contributed by atoms with van der Waals surface area (Å²) in [7, 11) is 0. The summed E-state index contributed by atoms with van der Waals surface area (Å²) < 4.78 is 0. The average molecular weight is 338 g/mol. The molecule has 18 heavy (non-hydrogen) atoms. The van der Waals surface area contributed by atoms with Crippen LogP contribution in [0.15, 0.2) is 48.8 Å². The summed E-state index contributed by atoms with van der Waals surface area (Å²) in [5, 5.41) is 3.29. The van der Waals surface area contributed by atoms with Crippen molar-refractivity contribution in [2.75, 3.05) is 0 Å². The molecule has 0 atom stereocenters. The number of halogens is 2. The van der Waals surface area contributed by atoms with Gasteiger partial charge in [-0.15, -0.1) is 24.8 Å². The largest absolute Gasteiger partial charge is 2.00 e. The quantitative estimate of drug-likeness (QED) is 0.872. The van der Waals surface area contributed by atoms with Crippen molar-refractivity contribution in [3.05, 3.63) is 60.2 Å². The second kappa shape index (κ2) is 11.5. The van der Waals surface area contributed by atoms with Crippen molar-refractivity contribution in [1.82, 2.24) is 15.3 Å². The second-order valence-corrected chi connectivity index (χ2v) is 3.25. The fourth-order valence-electron chi connectivity index (χ4n) is 1.32. The summed E-state index contributed by atoms with van der Waals surface area (Å²) in [5.41, 5.74) is 2.10. The van der Waals surface area contributed by atoms with Crippen LogP contribution in [0, 0.1) is 0 Å². The van der Waals surface area contributed by atoms with Crippen molar-refractivity contribution >= 4 is 24.8 Å². The molecule has 0 aliphatic carbocycles. The smallest absolute Gasteiger partial charge is 0.306 e. The van der Waals surface area contributed by atoms with Gasteiger partial charge in [-0.1, -0.05) is 12.1 Å². The van der Waals surface area contributed by atoms with E-state index in [1.165, 1.54) is 0 Å². The first-order valence-corrected chi connectivity index (χ1v) is 4.96. The summed E-state index contributed by atoms with van der Waals surface area (Å²) in [6.45, 7) is 1.55. The predicted molar refractivity (Wildman–Crippen MR) is 73.5 cm³/mol. The molecule has 0 aromatic carbocycles. The molecular formula is C12H15Cl2N3Zn+2. The van der Waals surface area contributed by atoms with E-state index in [1.807, 2.05) is 36.4 Å². The van der Waals surface area contributed by atoms with Crippen molar-refractivity contribution in [3.8, 4) is 0 Å². The van der Waals surface area contributed by atoms with E-state index in [-0.39, 0.29) is 44.3 Å². The van der Waals surface area contributed by atoms with Gasteiger partial charge in [-0.25, -0.2) is 0 Å². The third kappa shape index (κ3) is 7.02. The molecule has 1 N–H and O–H groups in total. The zero-order valence-electron chi connectivity index (χ0n) is 9.95. The maximum Gasteiger partial charge on any atom is 2.00 e. The third-order valence-corrected chi connectivity index (χ3v) is 2.06. The SMILES string of the molecule is Cl.Cl.[Zn+2].c1ccc(CNCc2ccccn2)nc1. The van der Waals surface area contributed by atoms with Crippen LogP contribution in [0.1, 0.15) is 11.4 Å². The molecule has 2 rings (SSSR count). The van der Waals surface area contributed by atoms with Crippen LogP contribution in [-0.2, 0) is 32.6 Å². The monoisotopic (exact) mass is 335 g/mol. The van der Waals surface area contributed by atoms with E-state index in [0.717, 1.165) is 24.5 Å². The zero-order chi connectivity index (χ0) is 10.3. The zero-order valence-corrected chi connectivity index (χ0v) is 14.6. The Hall–Kier alpha value is -0.537. The van der Waals surface area contributed by atoms with E-state index in [2.05, 4.69) is 15.3 Å². The molecule has 2 heterocycles. The third-order valence-electron chi connectivity index (χ3n) is 2.06. The molecule has 6 heteroatoms. The molecule has 92 valence electrons. The predicted octanol–water partition coefficient (Wildman–Crippen LogP) is 2.61. The van der Waals surface area contributed by atoms with Crippen LogP contribution < -0.4 is 5.32 Å². The van der Waals surface area contributed by atoms with E-state index in [4.69, 9.17) is 0 Å². The van der Waals surface area contributed by atoms with Crippen molar-refractivity contribution in [2.45, 2.75) is 13.1 Å². The van der Waals surface area contributed by atoms with E-state index in [9.17, 15) is 0 Å². The van der Waals surface area contributed by atoms with Gasteiger partial charge < -0.3 is 5.32 Å². The molecule has 2 aromatic heterocycles. The number of hydrogen-bond acceptors (Lipinski definition) is 3. The minimum atomic E-state index is 0. The van der Waals surface area contributed by atoms with Gasteiger partial charge in [0.25, 0.3) is 0 Å². The van der Waals surface area contributed by atoms with Gasteiger partial charge in [-0.3, -0.25) is 9.97 Å². The van der Waals surface area contributed by atoms with Gasteiger partial charge in [0.05, 0.1) is 11.4 Å². The number of rotatable bonds is 4. The molecular weight excluding hydrogens is 322 g/mol. The van der Waals surface area contributed by atoms with E-state index < -0.39 is 0 Å². The summed E-state index contributed by atoms with van der Waals surface area (Å²) in [6.07, 6.45) is 3.61. The Morgan fingerprint density at radius 1 is 0.778 bits per heavy atom. The van der Waals surface area contributed by atoms with Crippen LogP contribution in [0.2, 0.25) is 0 Å². The van der Waals surface area contributed by atoms with Gasteiger partial charge in [0.2, 0.25) is 0 Å². The van der Waals surface area contributed by atoms with Crippen LogP contribution in [0.4, 0.5) is 0 Å². The minimum Gasteiger partial charge on any atom is -0.306 e. The summed E-state index contributed by atoms with van der Waals surface area (Å²) in [6, 6.07) is 11.8. The summed E-state index contributed by atoms with van der Waals surface area (Å²) in [4.78, 5) is 8.45. The maximum absolute atomic E-state index is 4.23. The average Bonchev–Trinajstić information content (AvgIpc) is 2.32.